The van der Waals surface area contributed by atoms with Crippen molar-refractivity contribution >= 4 is 11.8 Å². The number of nitrogens with one attached hydrogen (secondary N) is 1. The summed E-state index contributed by atoms with van der Waals surface area (Å²) in [6.07, 6.45) is 3.93. The molecule has 1 unspecified atom stereocenters. The first-order valence-electron chi connectivity index (χ1n) is 7.07. The van der Waals surface area contributed by atoms with Crippen molar-refractivity contribution < 1.29 is 0 Å². The van der Waals surface area contributed by atoms with E-state index < -0.39 is 0 Å². The summed E-state index contributed by atoms with van der Waals surface area (Å²) in [5, 5.41) is 3.46. The van der Waals surface area contributed by atoms with Gasteiger partial charge in [-0.05, 0) is 57.5 Å². The number of benzene rings is 1. The maximum Gasteiger partial charge on any atom is 0.0104 e. The fourth-order valence-corrected chi connectivity index (χ4v) is 3.18. The van der Waals surface area contributed by atoms with Crippen LogP contribution >= 0.6 is 11.8 Å². The lowest BCUT2D eigenvalue weighted by Crippen LogP contribution is -2.25. The third kappa shape index (κ3) is 5.92. The molecule has 2 heteroatoms. The first-order chi connectivity index (χ1) is 8.63. The van der Waals surface area contributed by atoms with Crippen LogP contribution in [0.1, 0.15) is 44.2 Å². The second-order valence-corrected chi connectivity index (χ2v) is 6.21. The summed E-state index contributed by atoms with van der Waals surface area (Å²) in [7, 11) is 0. The molecule has 0 aliphatic carbocycles. The smallest absolute Gasteiger partial charge is 0.0104 e. The molecular weight excluding hydrogens is 238 g/mol. The zero-order valence-electron chi connectivity index (χ0n) is 12.3. The van der Waals surface area contributed by atoms with Crippen LogP contribution in [-0.2, 0) is 0 Å². The van der Waals surface area contributed by atoms with Crippen molar-refractivity contribution in [2.24, 2.45) is 0 Å². The molecule has 0 fully saturated rings. The minimum Gasteiger partial charge on any atom is -0.315 e. The Morgan fingerprint density at radius 1 is 1.22 bits per heavy atom. The Morgan fingerprint density at radius 3 is 2.72 bits per heavy atom. The highest BCUT2D eigenvalue weighted by Gasteiger charge is 2.01. The monoisotopic (exact) mass is 265 g/mol. The lowest BCUT2D eigenvalue weighted by molar-refractivity contribution is 0.510. The van der Waals surface area contributed by atoms with E-state index in [1.807, 2.05) is 11.8 Å². The Labute approximate surface area is 117 Å². The van der Waals surface area contributed by atoms with Gasteiger partial charge in [0.05, 0.1) is 0 Å². The van der Waals surface area contributed by atoms with Crippen LogP contribution in [0.2, 0.25) is 0 Å². The van der Waals surface area contributed by atoms with E-state index in [9.17, 15) is 0 Å². The van der Waals surface area contributed by atoms with Gasteiger partial charge < -0.3 is 5.32 Å². The van der Waals surface area contributed by atoms with Crippen molar-refractivity contribution in [3.05, 3.63) is 29.3 Å². The van der Waals surface area contributed by atoms with Gasteiger partial charge in [0.2, 0.25) is 0 Å². The van der Waals surface area contributed by atoms with Gasteiger partial charge >= 0.3 is 0 Å². The van der Waals surface area contributed by atoms with E-state index in [0.29, 0.717) is 6.04 Å². The van der Waals surface area contributed by atoms with Gasteiger partial charge in [-0.2, -0.15) is 0 Å². The van der Waals surface area contributed by atoms with Gasteiger partial charge in [-0.15, -0.1) is 11.8 Å². The van der Waals surface area contributed by atoms with Gasteiger partial charge in [0.15, 0.2) is 0 Å². The van der Waals surface area contributed by atoms with Crippen LogP contribution in [0.5, 0.6) is 0 Å². The van der Waals surface area contributed by atoms with Crippen molar-refractivity contribution in [1.29, 1.82) is 0 Å². The fourth-order valence-electron chi connectivity index (χ4n) is 2.05. The molecule has 0 amide bonds. The highest BCUT2D eigenvalue weighted by atomic mass is 32.2. The van der Waals surface area contributed by atoms with Crippen LogP contribution in [0.3, 0.4) is 0 Å². The van der Waals surface area contributed by atoms with E-state index in [0.717, 1.165) is 6.54 Å². The predicted molar refractivity (Wildman–Crippen MR) is 83.6 cm³/mol. The van der Waals surface area contributed by atoms with E-state index >= 15 is 0 Å². The van der Waals surface area contributed by atoms with E-state index in [2.05, 4.69) is 51.2 Å². The molecule has 1 N–H and O–H groups in total. The number of aryl methyl sites for hydroxylation is 2. The second kappa shape index (κ2) is 8.60. The molecule has 0 radical (unpaired) electrons. The van der Waals surface area contributed by atoms with Crippen LogP contribution < -0.4 is 5.32 Å². The molecule has 0 bridgehead atoms. The molecule has 102 valence electrons. The summed E-state index contributed by atoms with van der Waals surface area (Å²) in [6, 6.07) is 7.39. The lowest BCUT2D eigenvalue weighted by Gasteiger charge is -2.11. The summed E-state index contributed by atoms with van der Waals surface area (Å²) in [5.74, 6) is 1.24. The van der Waals surface area contributed by atoms with E-state index in [1.165, 1.54) is 41.0 Å². The van der Waals surface area contributed by atoms with Crippen molar-refractivity contribution in [3.63, 3.8) is 0 Å². The summed E-state index contributed by atoms with van der Waals surface area (Å²) < 4.78 is 0. The zero-order valence-corrected chi connectivity index (χ0v) is 13.1. The Morgan fingerprint density at radius 2 is 2.00 bits per heavy atom. The van der Waals surface area contributed by atoms with E-state index in [4.69, 9.17) is 0 Å². The van der Waals surface area contributed by atoms with E-state index in [1.54, 1.807) is 0 Å². The quantitative estimate of drug-likeness (QED) is 0.546. The molecule has 18 heavy (non-hydrogen) atoms. The highest BCUT2D eigenvalue weighted by molar-refractivity contribution is 7.99. The molecular formula is C16H27NS. The van der Waals surface area contributed by atoms with Gasteiger partial charge in [0.25, 0.3) is 0 Å². The van der Waals surface area contributed by atoms with Crippen LogP contribution in [0.15, 0.2) is 23.1 Å². The first kappa shape index (κ1) is 15.6. The van der Waals surface area contributed by atoms with Gasteiger partial charge in [0, 0.05) is 10.9 Å². The maximum atomic E-state index is 3.46. The molecule has 0 aromatic heterocycles. The lowest BCUT2D eigenvalue weighted by atomic mass is 10.1. The Balaban J connectivity index is 2.19. The average Bonchev–Trinajstić information content (AvgIpc) is 2.33. The Hall–Kier alpha value is -0.470. The molecule has 0 aliphatic rings. The van der Waals surface area contributed by atoms with E-state index in [-0.39, 0.29) is 0 Å². The van der Waals surface area contributed by atoms with Gasteiger partial charge in [-0.3, -0.25) is 0 Å². The summed E-state index contributed by atoms with van der Waals surface area (Å²) in [6.45, 7) is 9.91. The fraction of sp³-hybridized carbons (Fsp3) is 0.625. The van der Waals surface area contributed by atoms with Crippen molar-refractivity contribution in [2.75, 3.05) is 12.3 Å². The van der Waals surface area contributed by atoms with Crippen molar-refractivity contribution in [1.82, 2.24) is 5.32 Å². The molecule has 1 aromatic rings. The molecule has 1 atom stereocenters. The maximum absolute atomic E-state index is 3.46. The minimum atomic E-state index is 0.667. The largest absolute Gasteiger partial charge is 0.315 e. The third-order valence-corrected chi connectivity index (χ3v) is 4.43. The normalized spacial score (nSPS) is 12.7. The number of thioether (sulfide) groups is 1. The van der Waals surface area contributed by atoms with Crippen LogP contribution in [-0.4, -0.2) is 18.3 Å². The highest BCUT2D eigenvalue weighted by Crippen LogP contribution is 2.24. The number of hydrogen-bond acceptors (Lipinski definition) is 2. The summed E-state index contributed by atoms with van der Waals surface area (Å²) in [4.78, 5) is 1.45. The SMILES string of the molecule is CCNC(C)CCCCSc1cc(C)ccc1C. The van der Waals surface area contributed by atoms with Crippen LogP contribution in [0, 0.1) is 13.8 Å². The first-order valence-corrected chi connectivity index (χ1v) is 8.05. The molecule has 0 spiro atoms. The number of unbranched alkanes of at least 4 members (excludes halogenated alkanes) is 1. The van der Waals surface area contributed by atoms with Gasteiger partial charge in [0.1, 0.15) is 0 Å². The van der Waals surface area contributed by atoms with Crippen LogP contribution in [0.4, 0.5) is 0 Å². The minimum absolute atomic E-state index is 0.667. The summed E-state index contributed by atoms with van der Waals surface area (Å²) >= 11 is 2.01. The van der Waals surface area contributed by atoms with Gasteiger partial charge in [-0.25, -0.2) is 0 Å². The van der Waals surface area contributed by atoms with Gasteiger partial charge in [-0.1, -0.05) is 31.0 Å². The molecule has 0 saturated heterocycles. The number of hydrogen-bond donors (Lipinski definition) is 1. The van der Waals surface area contributed by atoms with Crippen molar-refractivity contribution in [3.8, 4) is 0 Å². The standard InChI is InChI=1S/C16H27NS/c1-5-17-15(4)8-6-7-11-18-16-12-13(2)9-10-14(16)3/h9-10,12,15,17H,5-8,11H2,1-4H3. The summed E-state index contributed by atoms with van der Waals surface area (Å²) in [5.41, 5.74) is 2.77. The predicted octanol–water partition coefficient (Wildman–Crippen LogP) is 4.56. The molecule has 0 aliphatic heterocycles. The molecule has 0 heterocycles. The molecule has 0 saturated carbocycles. The number of rotatable bonds is 8. The molecule has 1 nitrogen and oxygen atoms in total. The Kier molecular flexibility index (Phi) is 7.45. The van der Waals surface area contributed by atoms with Crippen LogP contribution in [0.25, 0.3) is 0 Å². The Bertz CT molecular complexity index is 349. The molecule has 1 aromatic carbocycles. The van der Waals surface area contributed by atoms with Crippen molar-refractivity contribution in [2.45, 2.75) is 57.9 Å². The second-order valence-electron chi connectivity index (χ2n) is 5.07. The zero-order chi connectivity index (χ0) is 13.4. The average molecular weight is 265 g/mol. The molecule has 1 rings (SSSR count). The topological polar surface area (TPSA) is 12.0 Å². The third-order valence-electron chi connectivity index (χ3n) is 3.19.